The van der Waals surface area contributed by atoms with Gasteiger partial charge in [0.15, 0.2) is 0 Å². The zero-order chi connectivity index (χ0) is 15.4. The van der Waals surface area contributed by atoms with Crippen molar-refractivity contribution in [3.8, 4) is 0 Å². The molecule has 2 nitrogen and oxygen atoms in total. The lowest BCUT2D eigenvalue weighted by Crippen LogP contribution is -2.56. The Hall–Kier alpha value is -0.540. The van der Waals surface area contributed by atoms with Crippen molar-refractivity contribution >= 4 is 33.5 Å². The molecule has 4 bridgehead atoms. The first-order chi connectivity index (χ1) is 10.5. The van der Waals surface area contributed by atoms with E-state index in [1.54, 1.807) is 0 Å². The number of halogens is 2. The molecule has 1 aromatic carbocycles. The van der Waals surface area contributed by atoms with Gasteiger partial charge in [0.05, 0.1) is 5.41 Å². The van der Waals surface area contributed by atoms with Gasteiger partial charge >= 0.3 is 5.97 Å². The molecule has 118 valence electrons. The highest BCUT2D eigenvalue weighted by Crippen LogP contribution is 2.64. The molecule has 2 unspecified atom stereocenters. The molecule has 0 N–H and O–H groups in total. The maximum absolute atomic E-state index is 12.8. The molecule has 4 fully saturated rings. The van der Waals surface area contributed by atoms with Crippen LogP contribution in [0.1, 0.15) is 44.1 Å². The lowest BCUT2D eigenvalue weighted by atomic mass is 9.49. The van der Waals surface area contributed by atoms with Crippen LogP contribution in [0.15, 0.2) is 24.3 Å². The van der Waals surface area contributed by atoms with Crippen LogP contribution < -0.4 is 0 Å². The molecule has 0 heterocycles. The van der Waals surface area contributed by atoms with Crippen molar-refractivity contribution < 1.29 is 9.53 Å². The van der Waals surface area contributed by atoms with Crippen LogP contribution >= 0.6 is 27.5 Å². The van der Waals surface area contributed by atoms with E-state index < -0.39 is 0 Å². The Balaban J connectivity index is 1.48. The molecule has 4 aliphatic rings. The van der Waals surface area contributed by atoms with Crippen molar-refractivity contribution in [2.24, 2.45) is 17.3 Å². The normalized spacial score (nSPS) is 39.0. The van der Waals surface area contributed by atoms with Crippen LogP contribution in [0, 0.1) is 17.3 Å². The molecule has 5 rings (SSSR count). The van der Waals surface area contributed by atoms with E-state index in [0.29, 0.717) is 23.5 Å². The monoisotopic (exact) mass is 382 g/mol. The second-order valence-corrected chi connectivity index (χ2v) is 9.72. The lowest BCUT2D eigenvalue weighted by Gasteiger charge is -2.58. The summed E-state index contributed by atoms with van der Waals surface area (Å²) in [6, 6.07) is 7.54. The third-order valence-electron chi connectivity index (χ3n) is 5.68. The standard InChI is InChI=1S/C18H20BrClO2/c19-18-8-13-4-14(9-18)7-17(6-13,11-18)16(21)22-10-12-2-1-3-15(20)5-12/h1-3,5,13-14H,4,6-11H2/t13-,14+,17?,18?. The highest BCUT2D eigenvalue weighted by molar-refractivity contribution is 9.10. The summed E-state index contributed by atoms with van der Waals surface area (Å²) in [5.41, 5.74) is 0.714. The average Bonchev–Trinajstić information content (AvgIpc) is 2.42. The van der Waals surface area contributed by atoms with Crippen molar-refractivity contribution in [3.63, 3.8) is 0 Å². The largest absolute Gasteiger partial charge is 0.460 e. The summed E-state index contributed by atoms with van der Waals surface area (Å²) >= 11 is 9.93. The first-order valence-corrected chi connectivity index (χ1v) is 9.24. The number of benzene rings is 1. The smallest absolute Gasteiger partial charge is 0.312 e. The van der Waals surface area contributed by atoms with E-state index in [2.05, 4.69) is 15.9 Å². The maximum atomic E-state index is 12.8. The number of esters is 1. The fourth-order valence-electron chi connectivity index (χ4n) is 5.32. The van der Waals surface area contributed by atoms with E-state index in [4.69, 9.17) is 16.3 Å². The molecule has 0 amide bonds. The molecule has 4 atom stereocenters. The van der Waals surface area contributed by atoms with E-state index in [1.807, 2.05) is 24.3 Å². The van der Waals surface area contributed by atoms with E-state index in [9.17, 15) is 4.79 Å². The lowest BCUT2D eigenvalue weighted by molar-refractivity contribution is -0.170. The first-order valence-electron chi connectivity index (χ1n) is 8.07. The molecule has 4 heteroatoms. The summed E-state index contributed by atoms with van der Waals surface area (Å²) in [5.74, 6) is 1.39. The third kappa shape index (κ3) is 2.60. The zero-order valence-electron chi connectivity index (χ0n) is 12.5. The van der Waals surface area contributed by atoms with E-state index >= 15 is 0 Å². The fourth-order valence-corrected chi connectivity index (χ4v) is 6.98. The second kappa shape index (κ2) is 5.24. The fraction of sp³-hybridized carbons (Fsp3) is 0.611. The Kier molecular flexibility index (Phi) is 3.58. The van der Waals surface area contributed by atoms with Gasteiger partial charge in [-0.3, -0.25) is 4.79 Å². The van der Waals surface area contributed by atoms with E-state index in [0.717, 1.165) is 24.8 Å². The molecule has 4 aliphatic carbocycles. The van der Waals surface area contributed by atoms with Gasteiger partial charge < -0.3 is 4.74 Å². The van der Waals surface area contributed by atoms with Crippen LogP contribution in [0.3, 0.4) is 0 Å². The molecule has 1 aromatic rings. The highest BCUT2D eigenvalue weighted by atomic mass is 79.9. The molecule has 0 aliphatic heterocycles. The Morgan fingerprint density at radius 2 is 2.00 bits per heavy atom. The quantitative estimate of drug-likeness (QED) is 0.535. The number of alkyl halides is 1. The Labute approximate surface area is 144 Å². The van der Waals surface area contributed by atoms with Crippen LogP contribution in [0.2, 0.25) is 5.02 Å². The number of hydrogen-bond acceptors (Lipinski definition) is 2. The van der Waals surface area contributed by atoms with Gasteiger partial charge in [0.25, 0.3) is 0 Å². The average molecular weight is 384 g/mol. The van der Waals surface area contributed by atoms with Crippen molar-refractivity contribution in [2.45, 2.75) is 49.5 Å². The van der Waals surface area contributed by atoms with Gasteiger partial charge in [0, 0.05) is 9.35 Å². The minimum atomic E-state index is -0.244. The number of rotatable bonds is 3. The van der Waals surface area contributed by atoms with E-state index in [-0.39, 0.29) is 15.7 Å². The van der Waals surface area contributed by atoms with Crippen molar-refractivity contribution in [1.29, 1.82) is 0 Å². The molecular weight excluding hydrogens is 364 g/mol. The second-order valence-electron chi connectivity index (χ2n) is 7.60. The van der Waals surface area contributed by atoms with Crippen molar-refractivity contribution in [1.82, 2.24) is 0 Å². The SMILES string of the molecule is O=C(OCc1cccc(Cl)c1)C12C[C@@H]3C[C@@H](CC(Br)(C3)C1)C2. The summed E-state index contributed by atoms with van der Waals surface area (Å²) in [6.07, 6.45) is 6.74. The molecular formula is C18H20BrClO2. The molecule has 0 radical (unpaired) electrons. The van der Waals surface area contributed by atoms with Crippen LogP contribution in [0.4, 0.5) is 0 Å². The Morgan fingerprint density at radius 3 is 2.64 bits per heavy atom. The predicted molar refractivity (Wildman–Crippen MR) is 90.0 cm³/mol. The van der Waals surface area contributed by atoms with Crippen molar-refractivity contribution in [3.05, 3.63) is 34.9 Å². The van der Waals surface area contributed by atoms with Gasteiger partial charge in [0.2, 0.25) is 0 Å². The number of carbonyl (C=O) groups is 1. The molecule has 0 spiro atoms. The molecule has 0 aromatic heterocycles. The summed E-state index contributed by atoms with van der Waals surface area (Å²) in [6.45, 7) is 0.325. The Bertz CT molecular complexity index is 601. The first kappa shape index (κ1) is 15.0. The molecule has 4 saturated carbocycles. The van der Waals surface area contributed by atoms with Gasteiger partial charge in [-0.25, -0.2) is 0 Å². The number of carbonyl (C=O) groups excluding carboxylic acids is 1. The van der Waals surface area contributed by atoms with E-state index in [1.165, 1.54) is 19.3 Å². The summed E-state index contributed by atoms with van der Waals surface area (Å²) < 4.78 is 5.88. The minimum absolute atomic E-state index is 0.00500. The van der Waals surface area contributed by atoms with Gasteiger partial charge in [-0.15, -0.1) is 0 Å². The van der Waals surface area contributed by atoms with Gasteiger partial charge in [0.1, 0.15) is 6.61 Å². The van der Waals surface area contributed by atoms with Crippen molar-refractivity contribution in [2.75, 3.05) is 0 Å². The third-order valence-corrected chi connectivity index (χ3v) is 6.84. The number of hydrogen-bond donors (Lipinski definition) is 0. The summed E-state index contributed by atoms with van der Waals surface area (Å²) in [7, 11) is 0. The van der Waals surface area contributed by atoms with Gasteiger partial charge in [-0.2, -0.15) is 0 Å². The summed E-state index contributed by atoms with van der Waals surface area (Å²) in [5, 5.41) is 0.683. The zero-order valence-corrected chi connectivity index (χ0v) is 14.8. The van der Waals surface area contributed by atoms with Crippen LogP contribution in [0.5, 0.6) is 0 Å². The summed E-state index contributed by atoms with van der Waals surface area (Å²) in [4.78, 5) is 12.8. The molecule has 0 saturated heterocycles. The topological polar surface area (TPSA) is 26.3 Å². The van der Waals surface area contributed by atoms with Crippen LogP contribution in [0.25, 0.3) is 0 Å². The van der Waals surface area contributed by atoms with Crippen LogP contribution in [-0.4, -0.2) is 10.3 Å². The number of ether oxygens (including phenoxy) is 1. The highest BCUT2D eigenvalue weighted by Gasteiger charge is 2.60. The van der Waals surface area contributed by atoms with Gasteiger partial charge in [-0.05, 0) is 68.1 Å². The maximum Gasteiger partial charge on any atom is 0.312 e. The minimum Gasteiger partial charge on any atom is -0.460 e. The van der Waals surface area contributed by atoms with Crippen LogP contribution in [-0.2, 0) is 16.1 Å². The molecule has 22 heavy (non-hydrogen) atoms. The predicted octanol–water partition coefficient (Wildman–Crippen LogP) is 5.12. The van der Waals surface area contributed by atoms with Gasteiger partial charge in [-0.1, -0.05) is 39.7 Å². The Morgan fingerprint density at radius 1 is 1.27 bits per heavy atom.